The topological polar surface area (TPSA) is 104 Å². The number of carboxylic acid groups (broad SMARTS) is 1. The van der Waals surface area contributed by atoms with E-state index in [0.717, 1.165) is 12.1 Å². The molecule has 1 spiro atoms. The summed E-state index contributed by atoms with van der Waals surface area (Å²) in [6.07, 6.45) is 1.97. The molecule has 1 aromatic carbocycles. The summed E-state index contributed by atoms with van der Waals surface area (Å²) in [6.45, 7) is 2.66. The van der Waals surface area contributed by atoms with Gasteiger partial charge in [-0.1, -0.05) is 19.1 Å². The van der Waals surface area contributed by atoms with Gasteiger partial charge in [-0.3, -0.25) is 4.98 Å². The lowest BCUT2D eigenvalue weighted by Crippen LogP contribution is -2.59. The highest BCUT2D eigenvalue weighted by atomic mass is 19.1. The molecular weight excluding hydrogens is 373 g/mol. The van der Waals surface area contributed by atoms with Gasteiger partial charge in [-0.05, 0) is 30.7 Å². The van der Waals surface area contributed by atoms with Crippen molar-refractivity contribution in [2.45, 2.75) is 31.3 Å². The van der Waals surface area contributed by atoms with E-state index in [4.69, 9.17) is 10.7 Å². The van der Waals surface area contributed by atoms with Crippen LogP contribution in [-0.4, -0.2) is 45.7 Å². The third-order valence-corrected chi connectivity index (χ3v) is 6.00. The number of nitrogens with one attached hydrogen (secondary N) is 1. The summed E-state index contributed by atoms with van der Waals surface area (Å²) in [6, 6.07) is 10.5. The second-order valence-electron chi connectivity index (χ2n) is 7.56. The smallest absolute Gasteiger partial charge is 0.407 e. The fourth-order valence-corrected chi connectivity index (χ4v) is 4.61. The van der Waals surface area contributed by atoms with Gasteiger partial charge in [0.05, 0.1) is 5.56 Å². The number of halogens is 1. The molecule has 0 saturated carbocycles. The minimum atomic E-state index is -0.958. The van der Waals surface area contributed by atoms with Crippen LogP contribution in [-0.2, 0) is 0 Å². The average Bonchev–Trinajstić information content (AvgIpc) is 2.70. The Morgan fingerprint density at radius 2 is 2.24 bits per heavy atom. The lowest BCUT2D eigenvalue weighted by molar-refractivity contribution is 0.0797. The van der Waals surface area contributed by atoms with Crippen molar-refractivity contribution in [3.8, 4) is 0 Å². The van der Waals surface area contributed by atoms with Gasteiger partial charge in [-0.25, -0.2) is 14.2 Å². The summed E-state index contributed by atoms with van der Waals surface area (Å²) < 4.78 is 14.3. The summed E-state index contributed by atoms with van der Waals surface area (Å²) in [7, 11) is 0. The number of aromatic nitrogens is 1. The van der Waals surface area contributed by atoms with E-state index in [1.165, 1.54) is 11.0 Å². The number of aliphatic imine (C=N–C) groups is 1. The van der Waals surface area contributed by atoms with Crippen molar-refractivity contribution in [3.63, 3.8) is 0 Å². The van der Waals surface area contributed by atoms with Crippen LogP contribution < -0.4 is 11.1 Å². The van der Waals surface area contributed by atoms with Gasteiger partial charge in [-0.15, -0.1) is 0 Å². The molecule has 4 rings (SSSR count). The SMILES string of the molecule is CCC(c1ccccn1)C1CN(C(=O)O)CCC12N=C(N)c1c(F)cccc1N2. The number of benzene rings is 1. The lowest BCUT2D eigenvalue weighted by Gasteiger charge is -2.50. The molecule has 8 heteroatoms. The molecule has 3 unspecified atom stereocenters. The Morgan fingerprint density at radius 1 is 1.41 bits per heavy atom. The fraction of sp³-hybridized carbons (Fsp3) is 0.381. The highest BCUT2D eigenvalue weighted by Gasteiger charge is 2.50. The second-order valence-corrected chi connectivity index (χ2v) is 7.56. The number of amides is 1. The first kappa shape index (κ1) is 19.2. The van der Waals surface area contributed by atoms with Gasteiger partial charge in [-0.2, -0.15) is 0 Å². The third kappa shape index (κ3) is 3.28. The molecule has 7 nitrogen and oxygen atoms in total. The molecule has 0 aliphatic carbocycles. The Hall–Kier alpha value is -3.16. The van der Waals surface area contributed by atoms with Crippen LogP contribution in [0.4, 0.5) is 14.9 Å². The average molecular weight is 397 g/mol. The Labute approximate surface area is 168 Å². The first-order chi connectivity index (χ1) is 13.9. The van der Waals surface area contributed by atoms with Crippen LogP contribution in [0.3, 0.4) is 0 Å². The second kappa shape index (κ2) is 7.35. The lowest BCUT2D eigenvalue weighted by atomic mass is 9.73. The van der Waals surface area contributed by atoms with Crippen LogP contribution in [0.15, 0.2) is 47.6 Å². The van der Waals surface area contributed by atoms with Gasteiger partial charge in [0.15, 0.2) is 0 Å². The summed E-state index contributed by atoms with van der Waals surface area (Å²) in [5, 5.41) is 13.0. The number of likely N-dealkylation sites (tertiary alicyclic amines) is 1. The van der Waals surface area contributed by atoms with Crippen LogP contribution in [0.1, 0.15) is 36.9 Å². The predicted octanol–water partition coefficient (Wildman–Crippen LogP) is 3.24. The van der Waals surface area contributed by atoms with Crippen LogP contribution >= 0.6 is 0 Å². The first-order valence-corrected chi connectivity index (χ1v) is 9.76. The van der Waals surface area contributed by atoms with Crippen molar-refractivity contribution in [1.82, 2.24) is 9.88 Å². The molecule has 0 radical (unpaired) electrons. The number of rotatable bonds is 3. The van der Waals surface area contributed by atoms with Gasteiger partial charge in [0.1, 0.15) is 17.3 Å². The third-order valence-electron chi connectivity index (χ3n) is 6.00. The minimum absolute atomic E-state index is 0.0440. The Kier molecular flexibility index (Phi) is 4.86. The van der Waals surface area contributed by atoms with E-state index >= 15 is 0 Å². The fourth-order valence-electron chi connectivity index (χ4n) is 4.61. The monoisotopic (exact) mass is 397 g/mol. The summed E-state index contributed by atoms with van der Waals surface area (Å²) in [5.41, 5.74) is 7.12. The molecule has 2 aliphatic heterocycles. The quantitative estimate of drug-likeness (QED) is 0.738. The Morgan fingerprint density at radius 3 is 2.93 bits per heavy atom. The van der Waals surface area contributed by atoms with Crippen molar-refractivity contribution < 1.29 is 14.3 Å². The molecule has 1 fully saturated rings. The molecule has 1 aromatic heterocycles. The number of nitrogens with zero attached hydrogens (tertiary/aromatic N) is 3. The van der Waals surface area contributed by atoms with Crippen LogP contribution in [0.25, 0.3) is 0 Å². The number of nitrogens with two attached hydrogens (primary N) is 1. The Balaban J connectivity index is 1.81. The van der Waals surface area contributed by atoms with Gasteiger partial charge in [0.25, 0.3) is 0 Å². The number of hydrogen-bond donors (Lipinski definition) is 3. The molecule has 1 saturated heterocycles. The van der Waals surface area contributed by atoms with E-state index in [2.05, 4.69) is 17.2 Å². The maximum absolute atomic E-state index is 14.3. The maximum atomic E-state index is 14.3. The van der Waals surface area contributed by atoms with Gasteiger partial charge >= 0.3 is 6.09 Å². The summed E-state index contributed by atoms with van der Waals surface area (Å²) in [4.78, 5) is 22.4. The van der Waals surface area contributed by atoms with Crippen LogP contribution in [0.2, 0.25) is 0 Å². The van der Waals surface area contributed by atoms with Crippen molar-refractivity contribution in [2.24, 2.45) is 16.6 Å². The standard InChI is InChI=1S/C21H24FN5O2/c1-2-13(16-7-3-4-10-24-16)14-12-27(20(28)29)11-9-21(14)25-17-8-5-6-15(22)18(17)19(23)26-21/h3-8,10,13-14,25H,2,9,11-12H2,1H3,(H2,23,26)(H,28,29). The van der Waals surface area contributed by atoms with Gasteiger partial charge < -0.3 is 21.1 Å². The number of carbonyl (C=O) groups is 1. The number of fused-ring (bicyclic) bond motifs is 1. The zero-order valence-electron chi connectivity index (χ0n) is 16.2. The number of hydrogen-bond acceptors (Lipinski definition) is 5. The van der Waals surface area contributed by atoms with E-state index in [-0.39, 0.29) is 23.2 Å². The van der Waals surface area contributed by atoms with Crippen molar-refractivity contribution in [1.29, 1.82) is 0 Å². The summed E-state index contributed by atoms with van der Waals surface area (Å²) in [5.74, 6) is -0.552. The molecule has 1 amide bonds. The van der Waals surface area contributed by atoms with Crippen molar-refractivity contribution in [2.75, 3.05) is 18.4 Å². The zero-order valence-corrected chi connectivity index (χ0v) is 16.2. The molecule has 4 N–H and O–H groups in total. The van der Waals surface area contributed by atoms with E-state index in [1.54, 1.807) is 18.3 Å². The largest absolute Gasteiger partial charge is 0.465 e. The normalized spacial score (nSPS) is 24.4. The minimum Gasteiger partial charge on any atom is -0.465 e. The zero-order chi connectivity index (χ0) is 20.6. The van der Waals surface area contributed by atoms with Gasteiger partial charge in [0.2, 0.25) is 0 Å². The molecular formula is C21H24FN5O2. The number of anilines is 1. The van der Waals surface area contributed by atoms with Crippen LogP contribution in [0.5, 0.6) is 0 Å². The number of amidine groups is 1. The van der Waals surface area contributed by atoms with Gasteiger partial charge in [0, 0.05) is 48.9 Å². The molecule has 29 heavy (non-hydrogen) atoms. The number of piperidine rings is 1. The molecule has 3 atom stereocenters. The molecule has 3 heterocycles. The molecule has 0 bridgehead atoms. The van der Waals surface area contributed by atoms with E-state index in [1.807, 2.05) is 18.2 Å². The predicted molar refractivity (Wildman–Crippen MR) is 108 cm³/mol. The highest BCUT2D eigenvalue weighted by molar-refractivity contribution is 6.04. The van der Waals surface area contributed by atoms with E-state index in [9.17, 15) is 14.3 Å². The molecule has 2 aromatic rings. The molecule has 152 valence electrons. The summed E-state index contributed by atoms with van der Waals surface area (Å²) >= 11 is 0. The Bertz CT molecular complexity index is 951. The van der Waals surface area contributed by atoms with Crippen molar-refractivity contribution in [3.05, 3.63) is 59.7 Å². The van der Waals surface area contributed by atoms with Crippen molar-refractivity contribution >= 4 is 17.6 Å². The first-order valence-electron chi connectivity index (χ1n) is 9.76. The van der Waals surface area contributed by atoms with E-state index in [0.29, 0.717) is 25.2 Å². The highest BCUT2D eigenvalue weighted by Crippen LogP contribution is 2.45. The maximum Gasteiger partial charge on any atom is 0.407 e. The molecule has 2 aliphatic rings. The number of pyridine rings is 1. The van der Waals surface area contributed by atoms with E-state index < -0.39 is 17.6 Å². The van der Waals surface area contributed by atoms with Crippen LogP contribution in [0, 0.1) is 11.7 Å².